The van der Waals surface area contributed by atoms with E-state index in [2.05, 4.69) is 42.4 Å². The lowest BCUT2D eigenvalue weighted by Gasteiger charge is -1.99. The highest BCUT2D eigenvalue weighted by Gasteiger charge is 2.01. The molecule has 2 N–H and O–H groups in total. The van der Waals surface area contributed by atoms with Crippen molar-refractivity contribution in [3.63, 3.8) is 0 Å². The van der Waals surface area contributed by atoms with Crippen LogP contribution < -0.4 is 0 Å². The Balaban J connectivity index is -0.000000249. The van der Waals surface area contributed by atoms with Gasteiger partial charge < -0.3 is 34.1 Å². The van der Waals surface area contributed by atoms with E-state index >= 15 is 0 Å². The monoisotopic (exact) mass is 969 g/mol. The highest BCUT2D eigenvalue weighted by molar-refractivity contribution is 5.75. The molecule has 402 valence electrons. The first-order valence-electron chi connectivity index (χ1n) is 27.5. The van der Waals surface area contributed by atoms with Gasteiger partial charge in [-0.3, -0.25) is 19.2 Å². The van der Waals surface area contributed by atoms with E-state index in [1.54, 1.807) is 6.92 Å². The van der Waals surface area contributed by atoms with E-state index in [1.807, 2.05) is 0 Å². The van der Waals surface area contributed by atoms with E-state index in [1.165, 1.54) is 149 Å². The van der Waals surface area contributed by atoms with Gasteiger partial charge in [0.25, 0.3) is 0 Å². The van der Waals surface area contributed by atoms with E-state index < -0.39 is 11.9 Å². The summed E-state index contributed by atoms with van der Waals surface area (Å²) in [5.41, 5.74) is 0. The molecule has 0 amide bonds. The standard InChI is InChI=1S/C19H36O.C10H18O4.C10H18O3.C9H18O2.C9H18O/c1-3-4-5-6-7-8-9-10-11-12-13-14-15-16-17-18-19(2)20;1-14-10(13)8-6-4-2-3-5-7-9(11)12;1-13-10(12)8-6-4-2-3-5-7-9-11;1-2-3-4-5-6-7-8-9(10)11;1-2-3-4-5-6-7-8-9-10/h10-11H,3-9,12-18H2,1-2H3;2-8H2,1H3,(H,11,12);9H,2-8H2,1H3;2-8H2,1H3,(H,10,11);9H,2-8H2,1H3/b11-10-;;;;. The van der Waals surface area contributed by atoms with Crippen LogP contribution in [0.3, 0.4) is 0 Å². The van der Waals surface area contributed by atoms with Crippen molar-refractivity contribution in [2.45, 2.75) is 297 Å². The molecular formula is C57H108O11. The summed E-state index contributed by atoms with van der Waals surface area (Å²) in [6.07, 6.45) is 51.6. The SMILES string of the molecule is CCCCCCCC/C=C\CCCCCCCC(C)=O.CCCCCCCCC(=O)O.CCCCCCCCC=O.COC(=O)CCCCCCCC(=O)O.COC(=O)CCCCCCCC=O. The number of carboxylic acid groups (broad SMARTS) is 2. The normalized spacial score (nSPS) is 10.2. The second-order valence-corrected chi connectivity index (χ2v) is 18.0. The number of rotatable bonds is 45. The number of hydrogen-bond acceptors (Lipinski definition) is 9. The van der Waals surface area contributed by atoms with E-state index in [0.717, 1.165) is 115 Å². The Labute approximate surface area is 417 Å². The third kappa shape index (κ3) is 89.2. The molecule has 0 aromatic rings. The molecule has 0 saturated carbocycles. The summed E-state index contributed by atoms with van der Waals surface area (Å²) in [5, 5.41) is 16.7. The van der Waals surface area contributed by atoms with E-state index in [-0.39, 0.29) is 18.4 Å². The Morgan fingerprint density at radius 2 is 0.574 bits per heavy atom. The van der Waals surface area contributed by atoms with Gasteiger partial charge in [0.1, 0.15) is 18.4 Å². The van der Waals surface area contributed by atoms with Gasteiger partial charge in [-0.05, 0) is 77.6 Å². The van der Waals surface area contributed by atoms with Crippen LogP contribution in [0.1, 0.15) is 297 Å². The van der Waals surface area contributed by atoms with Gasteiger partial charge in [-0.2, -0.15) is 0 Å². The van der Waals surface area contributed by atoms with E-state index in [9.17, 15) is 33.6 Å². The molecule has 0 radical (unpaired) electrons. The van der Waals surface area contributed by atoms with Crippen molar-refractivity contribution in [1.29, 1.82) is 0 Å². The molecule has 0 atom stereocenters. The Morgan fingerprint density at radius 1 is 0.338 bits per heavy atom. The number of aliphatic carboxylic acids is 2. The molecule has 0 bridgehead atoms. The number of hydrogen-bond donors (Lipinski definition) is 2. The maximum Gasteiger partial charge on any atom is 0.305 e. The van der Waals surface area contributed by atoms with Crippen LogP contribution in [-0.4, -0.2) is 66.7 Å². The van der Waals surface area contributed by atoms with Crippen LogP contribution in [0.4, 0.5) is 0 Å². The predicted molar refractivity (Wildman–Crippen MR) is 282 cm³/mol. The molecule has 0 aliphatic rings. The fraction of sp³-hybridized carbons (Fsp3) is 0.842. The Bertz CT molecular complexity index is 1110. The molecular weight excluding hydrogens is 861 g/mol. The first-order chi connectivity index (χ1) is 32.9. The summed E-state index contributed by atoms with van der Waals surface area (Å²) in [7, 11) is 2.79. The predicted octanol–water partition coefficient (Wildman–Crippen LogP) is 16.4. The van der Waals surface area contributed by atoms with Gasteiger partial charge in [-0.25, -0.2) is 0 Å². The Morgan fingerprint density at radius 3 is 0.824 bits per heavy atom. The third-order valence-electron chi connectivity index (χ3n) is 11.1. The highest BCUT2D eigenvalue weighted by Crippen LogP contribution is 2.12. The molecule has 0 aromatic heterocycles. The number of ketones is 1. The minimum atomic E-state index is -0.737. The van der Waals surface area contributed by atoms with Crippen LogP contribution in [0.5, 0.6) is 0 Å². The molecule has 0 heterocycles. The topological polar surface area (TPSA) is 178 Å². The Kier molecular flexibility index (Phi) is 76.0. The zero-order valence-corrected chi connectivity index (χ0v) is 45.1. The Hall–Kier alpha value is -3.37. The van der Waals surface area contributed by atoms with Crippen molar-refractivity contribution < 1.29 is 53.2 Å². The summed E-state index contributed by atoms with van der Waals surface area (Å²) < 4.78 is 9.00. The fourth-order valence-corrected chi connectivity index (χ4v) is 6.82. The summed E-state index contributed by atoms with van der Waals surface area (Å²) >= 11 is 0. The number of Topliss-reactive ketones (excluding diaryl/α,β-unsaturated/α-hetero) is 1. The largest absolute Gasteiger partial charge is 0.481 e. The molecule has 68 heavy (non-hydrogen) atoms. The van der Waals surface area contributed by atoms with E-state index in [0.29, 0.717) is 31.5 Å². The lowest BCUT2D eigenvalue weighted by atomic mass is 10.1. The molecule has 0 rings (SSSR count). The van der Waals surface area contributed by atoms with Gasteiger partial charge in [0.2, 0.25) is 0 Å². The molecule has 0 aromatic carbocycles. The number of carbonyl (C=O) groups excluding carboxylic acids is 5. The van der Waals surface area contributed by atoms with Crippen LogP contribution in [0.15, 0.2) is 12.2 Å². The fourth-order valence-electron chi connectivity index (χ4n) is 6.82. The van der Waals surface area contributed by atoms with Crippen LogP contribution in [0.25, 0.3) is 0 Å². The average molecular weight is 969 g/mol. The van der Waals surface area contributed by atoms with Crippen LogP contribution in [0.2, 0.25) is 0 Å². The summed E-state index contributed by atoms with van der Waals surface area (Å²) in [5.74, 6) is -1.37. The number of aldehydes is 2. The number of esters is 2. The van der Waals surface area contributed by atoms with Crippen LogP contribution in [-0.2, 0) is 43.0 Å². The number of unbranched alkanes of at least 4 members (excludes halogenated alkanes) is 31. The minimum Gasteiger partial charge on any atom is -0.481 e. The van der Waals surface area contributed by atoms with Crippen molar-refractivity contribution in [2.75, 3.05) is 14.2 Å². The first-order valence-corrected chi connectivity index (χ1v) is 27.5. The van der Waals surface area contributed by atoms with Gasteiger partial charge >= 0.3 is 23.9 Å². The molecule has 11 heteroatoms. The number of methoxy groups -OCH3 is 2. The molecule has 0 aliphatic carbocycles. The van der Waals surface area contributed by atoms with Crippen LogP contribution in [0, 0.1) is 0 Å². The summed E-state index contributed by atoms with van der Waals surface area (Å²) in [4.78, 5) is 72.2. The number of ether oxygens (including phenoxy) is 2. The quantitative estimate of drug-likeness (QED) is 0.0257. The van der Waals surface area contributed by atoms with Crippen molar-refractivity contribution in [1.82, 2.24) is 0 Å². The lowest BCUT2D eigenvalue weighted by molar-refractivity contribution is -0.141. The van der Waals surface area contributed by atoms with Crippen LogP contribution >= 0.6 is 0 Å². The first kappa shape index (κ1) is 73.6. The summed E-state index contributed by atoms with van der Waals surface area (Å²) in [6.45, 7) is 8.35. The van der Waals surface area contributed by atoms with Gasteiger partial charge in [-0.1, -0.05) is 187 Å². The van der Waals surface area contributed by atoms with Crippen molar-refractivity contribution >= 4 is 42.2 Å². The minimum absolute atomic E-state index is 0.132. The number of carboxylic acids is 2. The number of carbonyl (C=O) groups is 7. The highest BCUT2D eigenvalue weighted by atomic mass is 16.5. The second kappa shape index (κ2) is 70.2. The van der Waals surface area contributed by atoms with Crippen molar-refractivity contribution in [3.8, 4) is 0 Å². The summed E-state index contributed by atoms with van der Waals surface area (Å²) in [6, 6.07) is 0. The molecule has 0 unspecified atom stereocenters. The van der Waals surface area contributed by atoms with Gasteiger partial charge in [0.15, 0.2) is 0 Å². The van der Waals surface area contributed by atoms with Gasteiger partial charge in [0, 0.05) is 44.9 Å². The molecule has 11 nitrogen and oxygen atoms in total. The molecule has 0 spiro atoms. The molecule has 0 fully saturated rings. The lowest BCUT2D eigenvalue weighted by Crippen LogP contribution is -1.99. The van der Waals surface area contributed by atoms with Crippen molar-refractivity contribution in [3.05, 3.63) is 12.2 Å². The zero-order chi connectivity index (χ0) is 51.8. The average Bonchev–Trinajstić information content (AvgIpc) is 3.32. The zero-order valence-electron chi connectivity index (χ0n) is 45.1. The number of allylic oxidation sites excluding steroid dienone is 2. The van der Waals surface area contributed by atoms with Gasteiger partial charge in [0.05, 0.1) is 14.2 Å². The van der Waals surface area contributed by atoms with Crippen molar-refractivity contribution in [2.24, 2.45) is 0 Å². The maximum atomic E-state index is 10.8. The van der Waals surface area contributed by atoms with E-state index in [4.69, 9.17) is 10.2 Å². The molecule has 0 saturated heterocycles. The van der Waals surface area contributed by atoms with Gasteiger partial charge in [-0.15, -0.1) is 0 Å². The smallest absolute Gasteiger partial charge is 0.305 e. The molecule has 0 aliphatic heterocycles. The third-order valence-corrected chi connectivity index (χ3v) is 11.1. The second-order valence-electron chi connectivity index (χ2n) is 18.0. The maximum absolute atomic E-state index is 10.8.